The van der Waals surface area contributed by atoms with E-state index in [4.69, 9.17) is 9.47 Å². The summed E-state index contributed by atoms with van der Waals surface area (Å²) in [5.41, 5.74) is 2.87. The minimum Gasteiger partial charge on any atom is -0.454 e. The Morgan fingerprint density at radius 3 is 2.62 bits per heavy atom. The molecule has 0 aromatic heterocycles. The summed E-state index contributed by atoms with van der Waals surface area (Å²) in [6.07, 6.45) is 2.29. The summed E-state index contributed by atoms with van der Waals surface area (Å²) in [4.78, 5) is 12.1. The van der Waals surface area contributed by atoms with Crippen LogP contribution in [0.15, 0.2) is 21.7 Å². The van der Waals surface area contributed by atoms with Crippen LogP contribution < -0.4 is 14.9 Å². The van der Waals surface area contributed by atoms with Gasteiger partial charge in [-0.15, -0.1) is 0 Å². The molecule has 3 rings (SSSR count). The van der Waals surface area contributed by atoms with Crippen molar-refractivity contribution in [2.75, 3.05) is 6.79 Å². The number of carbonyl (C=O) groups excluding carboxylic acids is 1. The van der Waals surface area contributed by atoms with E-state index in [2.05, 4.69) is 58.3 Å². The summed E-state index contributed by atoms with van der Waals surface area (Å²) in [5.74, 6) is 1.22. The molecule has 1 N–H and O–H groups in total. The zero-order valence-corrected chi connectivity index (χ0v) is 15.7. The van der Waals surface area contributed by atoms with Crippen LogP contribution in [0.1, 0.15) is 18.9 Å². The molecule has 1 aromatic rings. The molecule has 21 heavy (non-hydrogen) atoms. The van der Waals surface area contributed by atoms with Gasteiger partial charge in [0.05, 0.1) is 14.9 Å². The van der Waals surface area contributed by atoms with E-state index in [0.29, 0.717) is 11.5 Å². The number of hydrazone groups is 1. The van der Waals surface area contributed by atoms with Crippen LogP contribution in [-0.4, -0.2) is 22.1 Å². The lowest BCUT2D eigenvalue weighted by atomic mass is 10.1. The maximum absolute atomic E-state index is 12.1. The highest BCUT2D eigenvalue weighted by Crippen LogP contribution is 2.66. The molecule has 0 unspecified atom stereocenters. The first-order valence-corrected chi connectivity index (χ1v) is 8.52. The number of ether oxygens (including phenoxy) is 2. The first-order chi connectivity index (χ1) is 9.83. The number of nitrogens with one attached hydrogen (secondary N) is 1. The van der Waals surface area contributed by atoms with Crippen molar-refractivity contribution in [3.8, 4) is 11.5 Å². The van der Waals surface area contributed by atoms with Gasteiger partial charge in [-0.25, -0.2) is 5.43 Å². The fourth-order valence-electron chi connectivity index (χ4n) is 1.96. The lowest BCUT2D eigenvalue weighted by molar-refractivity contribution is -0.125. The molecule has 1 atom stereocenters. The Hall–Kier alpha value is -0.600. The van der Waals surface area contributed by atoms with Crippen LogP contribution in [0.25, 0.3) is 0 Å². The fraction of sp³-hybridized carbons (Fsp3) is 0.385. The van der Waals surface area contributed by atoms with Crippen molar-refractivity contribution >= 4 is 59.9 Å². The summed E-state index contributed by atoms with van der Waals surface area (Å²) in [7, 11) is 0. The zero-order valence-electron chi connectivity index (χ0n) is 11.0. The highest BCUT2D eigenvalue weighted by Gasteiger charge is 2.66. The number of amides is 1. The Morgan fingerprint density at radius 1 is 1.38 bits per heavy atom. The van der Waals surface area contributed by atoms with Crippen molar-refractivity contribution < 1.29 is 14.3 Å². The molecule has 1 aliphatic carbocycles. The van der Waals surface area contributed by atoms with E-state index in [-0.39, 0.29) is 15.9 Å². The van der Waals surface area contributed by atoms with Crippen molar-refractivity contribution in [2.24, 2.45) is 10.5 Å². The summed E-state index contributed by atoms with van der Waals surface area (Å²) in [6, 6.07) is 3.62. The van der Waals surface area contributed by atoms with Gasteiger partial charge in [-0.3, -0.25) is 4.79 Å². The van der Waals surface area contributed by atoms with E-state index in [0.717, 1.165) is 16.5 Å². The SMILES string of the molecule is C[C@]1(C(=O)N/N=C\c2cc3c(cc2Br)OCO3)CC1(Br)Br. The van der Waals surface area contributed by atoms with Gasteiger partial charge >= 0.3 is 0 Å². The van der Waals surface area contributed by atoms with Crippen molar-refractivity contribution in [1.82, 2.24) is 5.43 Å². The summed E-state index contributed by atoms with van der Waals surface area (Å²) >= 11 is 10.3. The minimum atomic E-state index is -0.490. The van der Waals surface area contributed by atoms with E-state index >= 15 is 0 Å². The van der Waals surface area contributed by atoms with Gasteiger partial charge in [0.15, 0.2) is 11.5 Å². The normalized spacial score (nSPS) is 25.1. The first-order valence-electron chi connectivity index (χ1n) is 6.14. The van der Waals surface area contributed by atoms with Crippen molar-refractivity contribution in [3.05, 3.63) is 22.2 Å². The molecule has 5 nitrogen and oxygen atoms in total. The fourth-order valence-corrected chi connectivity index (χ4v) is 3.87. The Balaban J connectivity index is 1.69. The van der Waals surface area contributed by atoms with Crippen LogP contribution in [-0.2, 0) is 4.79 Å². The lowest BCUT2D eigenvalue weighted by Crippen LogP contribution is -2.29. The Labute approximate surface area is 146 Å². The minimum absolute atomic E-state index is 0.135. The zero-order chi connectivity index (χ0) is 15.3. The number of halogens is 3. The van der Waals surface area contributed by atoms with E-state index in [1.807, 2.05) is 13.0 Å². The molecular formula is C13H11Br3N2O3. The molecule has 1 heterocycles. The molecule has 0 saturated heterocycles. The molecular weight excluding hydrogens is 472 g/mol. The average Bonchev–Trinajstić information content (AvgIpc) is 2.73. The number of benzene rings is 1. The number of alkyl halides is 2. The third-order valence-corrected chi connectivity index (χ3v) is 6.62. The van der Waals surface area contributed by atoms with Crippen LogP contribution in [0, 0.1) is 5.41 Å². The molecule has 1 fully saturated rings. The molecule has 1 saturated carbocycles. The number of fused-ring (bicyclic) bond motifs is 1. The maximum Gasteiger partial charge on any atom is 0.248 e. The van der Waals surface area contributed by atoms with Crippen LogP contribution in [0.5, 0.6) is 11.5 Å². The van der Waals surface area contributed by atoms with Gasteiger partial charge in [0.1, 0.15) is 0 Å². The second kappa shape index (κ2) is 5.24. The van der Waals surface area contributed by atoms with Crippen molar-refractivity contribution in [1.29, 1.82) is 0 Å². The first kappa shape index (κ1) is 15.3. The molecule has 1 aliphatic heterocycles. The van der Waals surface area contributed by atoms with E-state index in [9.17, 15) is 4.79 Å². The maximum atomic E-state index is 12.1. The number of hydrogen-bond donors (Lipinski definition) is 1. The van der Waals surface area contributed by atoms with Crippen molar-refractivity contribution in [3.63, 3.8) is 0 Å². The van der Waals surface area contributed by atoms with Gasteiger partial charge in [-0.2, -0.15) is 5.10 Å². The predicted octanol–water partition coefficient (Wildman–Crippen LogP) is 3.52. The highest BCUT2D eigenvalue weighted by atomic mass is 79.9. The standard InChI is InChI=1S/C13H11Br3N2O3/c1-12(5-13(12,15)16)11(19)18-17-4-7-2-9-10(3-8(7)14)21-6-20-9/h2-4H,5-6H2,1H3,(H,18,19)/b17-4-/t12-/m1/s1. The lowest BCUT2D eigenvalue weighted by Gasteiger charge is -2.09. The van der Waals surface area contributed by atoms with E-state index in [1.54, 1.807) is 12.3 Å². The number of carbonyl (C=O) groups is 1. The van der Waals surface area contributed by atoms with E-state index in [1.165, 1.54) is 0 Å². The largest absolute Gasteiger partial charge is 0.454 e. The second-order valence-electron chi connectivity index (χ2n) is 5.14. The van der Waals surface area contributed by atoms with Gasteiger partial charge in [-0.05, 0) is 41.4 Å². The summed E-state index contributed by atoms with van der Waals surface area (Å²) in [5, 5.41) is 4.01. The molecule has 1 aromatic carbocycles. The Morgan fingerprint density at radius 2 is 2.00 bits per heavy atom. The number of rotatable bonds is 3. The third-order valence-electron chi connectivity index (χ3n) is 3.62. The summed E-state index contributed by atoms with van der Waals surface area (Å²) < 4.78 is 11.1. The molecule has 2 aliphatic rings. The summed E-state index contributed by atoms with van der Waals surface area (Å²) in [6.45, 7) is 2.09. The predicted molar refractivity (Wildman–Crippen MR) is 89.3 cm³/mol. The van der Waals surface area contributed by atoms with Gasteiger partial charge in [0.25, 0.3) is 0 Å². The van der Waals surface area contributed by atoms with Gasteiger partial charge in [0.2, 0.25) is 12.7 Å². The highest BCUT2D eigenvalue weighted by molar-refractivity contribution is 9.25. The molecule has 8 heteroatoms. The topological polar surface area (TPSA) is 59.9 Å². The molecule has 112 valence electrons. The van der Waals surface area contributed by atoms with Gasteiger partial charge < -0.3 is 9.47 Å². The number of nitrogens with zero attached hydrogens (tertiary/aromatic N) is 1. The molecule has 0 radical (unpaired) electrons. The molecule has 0 bridgehead atoms. The van der Waals surface area contributed by atoms with Crippen LogP contribution in [0.2, 0.25) is 0 Å². The van der Waals surface area contributed by atoms with Crippen molar-refractivity contribution in [2.45, 2.75) is 16.6 Å². The Kier molecular flexibility index (Phi) is 3.82. The van der Waals surface area contributed by atoms with Gasteiger partial charge in [0, 0.05) is 10.0 Å². The molecule has 0 spiro atoms. The van der Waals surface area contributed by atoms with Crippen LogP contribution in [0.4, 0.5) is 0 Å². The smallest absolute Gasteiger partial charge is 0.248 e. The van der Waals surface area contributed by atoms with Gasteiger partial charge in [-0.1, -0.05) is 31.9 Å². The van der Waals surface area contributed by atoms with Crippen LogP contribution >= 0.6 is 47.8 Å². The molecule has 1 amide bonds. The third kappa shape index (κ3) is 2.73. The Bertz CT molecular complexity index is 648. The van der Waals surface area contributed by atoms with Crippen LogP contribution in [0.3, 0.4) is 0 Å². The quantitative estimate of drug-likeness (QED) is 0.407. The average molecular weight is 483 g/mol. The second-order valence-corrected chi connectivity index (χ2v) is 9.77. The monoisotopic (exact) mass is 480 g/mol. The van der Waals surface area contributed by atoms with E-state index < -0.39 is 5.41 Å². The number of hydrogen-bond acceptors (Lipinski definition) is 4.